The van der Waals surface area contributed by atoms with Gasteiger partial charge in [-0.15, -0.1) is 0 Å². The summed E-state index contributed by atoms with van der Waals surface area (Å²) in [7, 11) is 2.16. The zero-order chi connectivity index (χ0) is 12.0. The Hall–Kier alpha value is -1.41. The minimum absolute atomic E-state index is 1.30. The van der Waals surface area contributed by atoms with Gasteiger partial charge in [0.25, 0.3) is 0 Å². The van der Waals surface area contributed by atoms with Gasteiger partial charge in [-0.3, -0.25) is 0 Å². The number of rotatable bonds is 0. The van der Waals surface area contributed by atoms with Gasteiger partial charge in [0.1, 0.15) is 0 Å². The summed E-state index contributed by atoms with van der Waals surface area (Å²) >= 11 is 1.87. The molecule has 0 N–H and O–H groups in total. The molecule has 0 fully saturated rings. The van der Waals surface area contributed by atoms with Crippen molar-refractivity contribution < 1.29 is 0 Å². The van der Waals surface area contributed by atoms with E-state index in [1.165, 1.54) is 32.3 Å². The van der Waals surface area contributed by atoms with Crippen molar-refractivity contribution in [3.05, 3.63) is 47.5 Å². The topological polar surface area (TPSA) is 3.24 Å². The molecule has 2 aromatic rings. The van der Waals surface area contributed by atoms with Gasteiger partial charge in [0, 0.05) is 16.8 Å². The molecule has 0 aromatic heterocycles. The summed E-state index contributed by atoms with van der Waals surface area (Å²) < 4.78 is 0. The van der Waals surface area contributed by atoms with E-state index in [0.29, 0.717) is 0 Å². The van der Waals surface area contributed by atoms with Crippen LogP contribution in [0.2, 0.25) is 0 Å². The molecule has 0 aliphatic carbocycles. The van der Waals surface area contributed by atoms with E-state index in [-0.39, 0.29) is 0 Å². The van der Waals surface area contributed by atoms with E-state index in [1.807, 2.05) is 11.8 Å². The molecule has 86 valence electrons. The second-order valence-electron chi connectivity index (χ2n) is 4.48. The van der Waals surface area contributed by atoms with Crippen LogP contribution >= 0.6 is 11.8 Å². The van der Waals surface area contributed by atoms with Gasteiger partial charge in [0.2, 0.25) is 0 Å². The highest BCUT2D eigenvalue weighted by Gasteiger charge is 2.22. The van der Waals surface area contributed by atoms with Crippen LogP contribution in [-0.2, 0) is 0 Å². The van der Waals surface area contributed by atoms with Crippen LogP contribution in [0.25, 0.3) is 0 Å². The Bertz CT molecular complexity index is 589. The third-order valence-corrected chi connectivity index (χ3v) is 4.56. The van der Waals surface area contributed by atoms with Crippen molar-refractivity contribution >= 4 is 23.1 Å². The van der Waals surface area contributed by atoms with Gasteiger partial charge in [-0.05, 0) is 43.2 Å². The fourth-order valence-electron chi connectivity index (χ4n) is 2.33. The molecular formula is C15H15NS. The lowest BCUT2D eigenvalue weighted by atomic mass is 10.1. The van der Waals surface area contributed by atoms with E-state index >= 15 is 0 Å². The maximum atomic E-state index is 2.31. The predicted molar refractivity (Wildman–Crippen MR) is 74.5 cm³/mol. The number of nitrogens with zero attached hydrogens (tertiary/aromatic N) is 1. The van der Waals surface area contributed by atoms with Gasteiger partial charge >= 0.3 is 0 Å². The molecule has 0 bridgehead atoms. The van der Waals surface area contributed by atoms with E-state index in [9.17, 15) is 0 Å². The SMILES string of the molecule is Cc1ccc2c(c1C)N(C)c1ccccc1S2. The van der Waals surface area contributed by atoms with Crippen molar-refractivity contribution in [2.75, 3.05) is 11.9 Å². The van der Waals surface area contributed by atoms with Crippen LogP contribution in [0, 0.1) is 13.8 Å². The van der Waals surface area contributed by atoms with Crippen LogP contribution in [0.5, 0.6) is 0 Å². The largest absolute Gasteiger partial charge is 0.343 e. The maximum Gasteiger partial charge on any atom is 0.0582 e. The van der Waals surface area contributed by atoms with E-state index < -0.39 is 0 Å². The Labute approximate surface area is 106 Å². The molecule has 1 aliphatic heterocycles. The van der Waals surface area contributed by atoms with Gasteiger partial charge in [-0.25, -0.2) is 0 Å². The van der Waals surface area contributed by atoms with Crippen molar-refractivity contribution in [3.8, 4) is 0 Å². The number of benzene rings is 2. The van der Waals surface area contributed by atoms with Crippen LogP contribution < -0.4 is 4.90 Å². The highest BCUT2D eigenvalue weighted by molar-refractivity contribution is 7.99. The van der Waals surface area contributed by atoms with Gasteiger partial charge in [-0.2, -0.15) is 0 Å². The molecule has 2 heteroatoms. The van der Waals surface area contributed by atoms with Crippen LogP contribution in [0.4, 0.5) is 11.4 Å². The molecule has 0 saturated carbocycles. The molecule has 3 rings (SSSR count). The number of hydrogen-bond donors (Lipinski definition) is 0. The molecule has 2 aromatic carbocycles. The standard InChI is InChI=1S/C15H15NS/c1-10-8-9-14-15(11(10)2)16(3)12-6-4-5-7-13(12)17-14/h4-9H,1-3H3. The van der Waals surface area contributed by atoms with Crippen LogP contribution in [0.15, 0.2) is 46.2 Å². The first-order chi connectivity index (χ1) is 8.18. The second kappa shape index (κ2) is 3.81. The van der Waals surface area contributed by atoms with Crippen molar-refractivity contribution in [2.24, 2.45) is 0 Å². The van der Waals surface area contributed by atoms with Gasteiger partial charge in [-0.1, -0.05) is 30.0 Å². The second-order valence-corrected chi connectivity index (χ2v) is 5.57. The summed E-state index contributed by atoms with van der Waals surface area (Å²) in [6.07, 6.45) is 0. The Morgan fingerprint density at radius 1 is 0.941 bits per heavy atom. The average molecular weight is 241 g/mol. The lowest BCUT2D eigenvalue weighted by molar-refractivity contribution is 1.08. The monoisotopic (exact) mass is 241 g/mol. The predicted octanol–water partition coefficient (Wildman–Crippen LogP) is 4.54. The van der Waals surface area contributed by atoms with E-state index in [2.05, 4.69) is 62.2 Å². The number of hydrogen-bond acceptors (Lipinski definition) is 2. The van der Waals surface area contributed by atoms with Crippen molar-refractivity contribution in [3.63, 3.8) is 0 Å². The zero-order valence-electron chi connectivity index (χ0n) is 10.3. The van der Waals surface area contributed by atoms with Gasteiger partial charge in [0.05, 0.1) is 11.4 Å². The molecule has 0 atom stereocenters. The normalized spacial score (nSPS) is 13.2. The molecule has 0 spiro atoms. The van der Waals surface area contributed by atoms with E-state index in [4.69, 9.17) is 0 Å². The average Bonchev–Trinajstić information content (AvgIpc) is 2.34. The zero-order valence-corrected chi connectivity index (χ0v) is 11.1. The van der Waals surface area contributed by atoms with E-state index in [1.54, 1.807) is 0 Å². The number of anilines is 2. The maximum absolute atomic E-state index is 2.31. The Balaban J connectivity index is 2.24. The molecule has 1 aliphatic rings. The van der Waals surface area contributed by atoms with Crippen LogP contribution in [-0.4, -0.2) is 7.05 Å². The van der Waals surface area contributed by atoms with Crippen LogP contribution in [0.1, 0.15) is 11.1 Å². The third-order valence-electron chi connectivity index (χ3n) is 3.45. The van der Waals surface area contributed by atoms with Crippen molar-refractivity contribution in [1.29, 1.82) is 0 Å². The fraction of sp³-hybridized carbons (Fsp3) is 0.200. The molecule has 0 unspecified atom stereocenters. The number of para-hydroxylation sites is 1. The summed E-state index contributed by atoms with van der Waals surface area (Å²) in [4.78, 5) is 5.00. The third kappa shape index (κ3) is 1.55. The molecule has 17 heavy (non-hydrogen) atoms. The van der Waals surface area contributed by atoms with Crippen LogP contribution in [0.3, 0.4) is 0 Å². The summed E-state index contributed by atoms with van der Waals surface area (Å²) in [5.41, 5.74) is 5.40. The first kappa shape index (κ1) is 10.7. The van der Waals surface area contributed by atoms with Gasteiger partial charge < -0.3 is 4.90 Å². The Morgan fingerprint density at radius 2 is 1.71 bits per heavy atom. The smallest absolute Gasteiger partial charge is 0.0582 e. The minimum atomic E-state index is 1.30. The molecule has 0 saturated heterocycles. The summed E-state index contributed by atoms with van der Waals surface area (Å²) in [6.45, 7) is 4.38. The van der Waals surface area contributed by atoms with E-state index in [0.717, 1.165) is 0 Å². The number of fused-ring (bicyclic) bond motifs is 2. The summed E-state index contributed by atoms with van der Waals surface area (Å²) in [5, 5.41) is 0. The highest BCUT2D eigenvalue weighted by Crippen LogP contribution is 2.48. The molecular weight excluding hydrogens is 226 g/mol. The summed E-state index contributed by atoms with van der Waals surface area (Å²) in [5.74, 6) is 0. The first-order valence-electron chi connectivity index (χ1n) is 5.79. The molecule has 1 nitrogen and oxygen atoms in total. The summed E-state index contributed by atoms with van der Waals surface area (Å²) in [6, 6.07) is 13.0. The van der Waals surface area contributed by atoms with Crippen molar-refractivity contribution in [2.45, 2.75) is 23.6 Å². The Morgan fingerprint density at radius 3 is 2.53 bits per heavy atom. The fourth-order valence-corrected chi connectivity index (χ4v) is 3.55. The molecule has 1 heterocycles. The first-order valence-corrected chi connectivity index (χ1v) is 6.61. The highest BCUT2D eigenvalue weighted by atomic mass is 32.2. The minimum Gasteiger partial charge on any atom is -0.343 e. The lowest BCUT2D eigenvalue weighted by Crippen LogP contribution is -2.16. The van der Waals surface area contributed by atoms with Gasteiger partial charge in [0.15, 0.2) is 0 Å². The number of aryl methyl sites for hydroxylation is 1. The quantitative estimate of drug-likeness (QED) is 0.666. The van der Waals surface area contributed by atoms with Crippen molar-refractivity contribution in [1.82, 2.24) is 0 Å². The molecule has 0 radical (unpaired) electrons. The molecule has 0 amide bonds. The Kier molecular flexibility index (Phi) is 2.40. The lowest BCUT2D eigenvalue weighted by Gasteiger charge is -2.31.